The van der Waals surface area contributed by atoms with Gasteiger partial charge >= 0.3 is 0 Å². The Hall–Kier alpha value is -2.15. The Morgan fingerprint density at radius 1 is 1.63 bits per heavy atom. The Balaban J connectivity index is 2.42. The summed E-state index contributed by atoms with van der Waals surface area (Å²) in [6, 6.07) is -0.169. The molecule has 7 heteroatoms. The Labute approximate surface area is 109 Å². The number of hydrogen-bond donors (Lipinski definition) is 2. The average Bonchev–Trinajstić information content (AvgIpc) is 2.67. The molecule has 0 aliphatic rings. The fourth-order valence-corrected chi connectivity index (χ4v) is 1.91. The van der Waals surface area contributed by atoms with E-state index in [1.165, 1.54) is 6.33 Å². The van der Waals surface area contributed by atoms with E-state index in [1.807, 2.05) is 6.92 Å². The SMILES string of the molecule is COCC(C)NC(=O)c1c(C)oc2nc[nH]c(=O)c12. The zero-order valence-electron chi connectivity index (χ0n) is 10.9. The van der Waals surface area contributed by atoms with Gasteiger partial charge in [-0.25, -0.2) is 4.98 Å². The predicted octanol–water partition coefficient (Wildman–Crippen LogP) is 0.589. The topological polar surface area (TPSA) is 97.2 Å². The van der Waals surface area contributed by atoms with E-state index in [9.17, 15) is 9.59 Å². The van der Waals surface area contributed by atoms with Crippen LogP contribution in [-0.2, 0) is 4.74 Å². The van der Waals surface area contributed by atoms with Gasteiger partial charge in [-0.15, -0.1) is 0 Å². The third kappa shape index (κ3) is 2.50. The maximum absolute atomic E-state index is 12.2. The number of aromatic nitrogens is 2. The molecule has 2 aromatic rings. The van der Waals surface area contributed by atoms with Gasteiger partial charge in [0.2, 0.25) is 5.71 Å². The molecule has 1 atom stereocenters. The van der Waals surface area contributed by atoms with E-state index in [4.69, 9.17) is 9.15 Å². The van der Waals surface area contributed by atoms with E-state index in [2.05, 4.69) is 15.3 Å². The van der Waals surface area contributed by atoms with Crippen LogP contribution >= 0.6 is 0 Å². The lowest BCUT2D eigenvalue weighted by Crippen LogP contribution is -2.36. The van der Waals surface area contributed by atoms with Crippen molar-refractivity contribution in [3.8, 4) is 0 Å². The number of aryl methyl sites for hydroxylation is 1. The largest absolute Gasteiger partial charge is 0.442 e. The van der Waals surface area contributed by atoms with Crippen LogP contribution < -0.4 is 10.9 Å². The molecule has 2 N–H and O–H groups in total. The van der Waals surface area contributed by atoms with Gasteiger partial charge < -0.3 is 19.5 Å². The molecule has 102 valence electrons. The van der Waals surface area contributed by atoms with Gasteiger partial charge in [-0.05, 0) is 13.8 Å². The molecular formula is C12H15N3O4. The number of furan rings is 1. The summed E-state index contributed by atoms with van der Waals surface area (Å²) in [6.07, 6.45) is 1.24. The molecule has 1 amide bonds. The highest BCUT2D eigenvalue weighted by atomic mass is 16.5. The second-order valence-electron chi connectivity index (χ2n) is 4.27. The summed E-state index contributed by atoms with van der Waals surface area (Å²) in [5, 5.41) is 2.91. The van der Waals surface area contributed by atoms with Crippen LogP contribution in [-0.4, -0.2) is 35.6 Å². The Morgan fingerprint density at radius 2 is 2.37 bits per heavy atom. The minimum absolute atomic E-state index is 0.158. The zero-order chi connectivity index (χ0) is 14.0. The molecule has 2 aromatic heterocycles. The molecular weight excluding hydrogens is 250 g/mol. The number of nitrogens with zero attached hydrogens (tertiary/aromatic N) is 1. The quantitative estimate of drug-likeness (QED) is 0.843. The lowest BCUT2D eigenvalue weighted by atomic mass is 10.1. The molecule has 0 aliphatic carbocycles. The summed E-state index contributed by atoms with van der Waals surface area (Å²) in [5.41, 5.74) is -0.0236. The van der Waals surface area contributed by atoms with Gasteiger partial charge in [0.1, 0.15) is 11.1 Å². The van der Waals surface area contributed by atoms with Gasteiger partial charge in [-0.2, -0.15) is 0 Å². The first-order valence-electron chi connectivity index (χ1n) is 5.81. The fourth-order valence-electron chi connectivity index (χ4n) is 1.91. The minimum atomic E-state index is -0.397. The number of methoxy groups -OCH3 is 1. The molecule has 2 heterocycles. The van der Waals surface area contributed by atoms with Gasteiger partial charge in [0.05, 0.1) is 18.5 Å². The van der Waals surface area contributed by atoms with Crippen molar-refractivity contribution in [3.05, 3.63) is 28.0 Å². The summed E-state index contributed by atoms with van der Waals surface area (Å²) in [5.74, 6) is -0.0133. The van der Waals surface area contributed by atoms with Gasteiger partial charge in [-0.3, -0.25) is 9.59 Å². The van der Waals surface area contributed by atoms with E-state index in [0.29, 0.717) is 12.4 Å². The number of carbonyl (C=O) groups is 1. The summed E-state index contributed by atoms with van der Waals surface area (Å²) < 4.78 is 10.3. The number of ether oxygens (including phenoxy) is 1. The van der Waals surface area contributed by atoms with Crippen molar-refractivity contribution >= 4 is 17.0 Å². The predicted molar refractivity (Wildman–Crippen MR) is 68.2 cm³/mol. The lowest BCUT2D eigenvalue weighted by Gasteiger charge is -2.12. The van der Waals surface area contributed by atoms with Gasteiger partial charge in [0.15, 0.2) is 0 Å². The zero-order valence-corrected chi connectivity index (χ0v) is 10.9. The van der Waals surface area contributed by atoms with E-state index in [1.54, 1.807) is 14.0 Å². The maximum Gasteiger partial charge on any atom is 0.262 e. The molecule has 0 aliphatic heterocycles. The highest BCUT2D eigenvalue weighted by Crippen LogP contribution is 2.20. The highest BCUT2D eigenvalue weighted by Gasteiger charge is 2.22. The van der Waals surface area contributed by atoms with Crippen molar-refractivity contribution in [2.75, 3.05) is 13.7 Å². The smallest absolute Gasteiger partial charge is 0.262 e. The van der Waals surface area contributed by atoms with Gasteiger partial charge in [0, 0.05) is 13.2 Å². The molecule has 0 saturated heterocycles. The van der Waals surface area contributed by atoms with Crippen molar-refractivity contribution in [3.63, 3.8) is 0 Å². The third-order valence-electron chi connectivity index (χ3n) is 2.69. The number of amides is 1. The lowest BCUT2D eigenvalue weighted by molar-refractivity contribution is 0.0905. The van der Waals surface area contributed by atoms with E-state index in [-0.39, 0.29) is 28.6 Å². The summed E-state index contributed by atoms with van der Waals surface area (Å²) >= 11 is 0. The maximum atomic E-state index is 12.2. The Bertz CT molecular complexity index is 659. The molecule has 0 bridgehead atoms. The van der Waals surface area contributed by atoms with Gasteiger partial charge in [0.25, 0.3) is 11.5 Å². The van der Waals surface area contributed by atoms with E-state index < -0.39 is 5.56 Å². The molecule has 0 spiro atoms. The Kier molecular flexibility index (Phi) is 3.66. The van der Waals surface area contributed by atoms with Crippen molar-refractivity contribution in [1.82, 2.24) is 15.3 Å². The van der Waals surface area contributed by atoms with Crippen molar-refractivity contribution in [2.45, 2.75) is 19.9 Å². The number of carbonyl (C=O) groups excluding carboxylic acids is 1. The van der Waals surface area contributed by atoms with Crippen LogP contribution in [0.3, 0.4) is 0 Å². The van der Waals surface area contributed by atoms with Crippen LogP contribution in [0, 0.1) is 6.92 Å². The van der Waals surface area contributed by atoms with Gasteiger partial charge in [-0.1, -0.05) is 0 Å². The standard InChI is InChI=1S/C12H15N3O4/c1-6(4-18-3)15-11(17)8-7(2)19-12-9(8)10(16)13-5-14-12/h5-6H,4H2,1-3H3,(H,15,17)(H,13,14,16). The molecule has 19 heavy (non-hydrogen) atoms. The van der Waals surface area contributed by atoms with Crippen LogP contribution in [0.2, 0.25) is 0 Å². The van der Waals surface area contributed by atoms with Crippen molar-refractivity contribution in [2.24, 2.45) is 0 Å². The fraction of sp³-hybridized carbons (Fsp3) is 0.417. The Morgan fingerprint density at radius 3 is 3.05 bits per heavy atom. The number of rotatable bonds is 4. The highest BCUT2D eigenvalue weighted by molar-refractivity contribution is 6.06. The average molecular weight is 265 g/mol. The monoisotopic (exact) mass is 265 g/mol. The molecule has 7 nitrogen and oxygen atoms in total. The molecule has 1 unspecified atom stereocenters. The number of H-pyrrole nitrogens is 1. The number of hydrogen-bond acceptors (Lipinski definition) is 5. The first-order chi connectivity index (χ1) is 9.04. The number of nitrogens with one attached hydrogen (secondary N) is 2. The number of aromatic amines is 1. The van der Waals surface area contributed by atoms with E-state index in [0.717, 1.165) is 0 Å². The van der Waals surface area contributed by atoms with E-state index >= 15 is 0 Å². The van der Waals surface area contributed by atoms with Crippen LogP contribution in [0.25, 0.3) is 11.1 Å². The third-order valence-corrected chi connectivity index (χ3v) is 2.69. The van der Waals surface area contributed by atoms with Crippen LogP contribution in [0.15, 0.2) is 15.5 Å². The molecule has 0 saturated carbocycles. The number of fused-ring (bicyclic) bond motifs is 1. The first kappa shape index (κ1) is 13.3. The second-order valence-corrected chi connectivity index (χ2v) is 4.27. The van der Waals surface area contributed by atoms with Crippen molar-refractivity contribution in [1.29, 1.82) is 0 Å². The second kappa shape index (κ2) is 5.23. The summed E-state index contributed by atoms with van der Waals surface area (Å²) in [7, 11) is 1.55. The molecule has 2 rings (SSSR count). The first-order valence-corrected chi connectivity index (χ1v) is 5.81. The van der Waals surface area contributed by atoms with Crippen LogP contribution in [0.5, 0.6) is 0 Å². The van der Waals surface area contributed by atoms with Crippen molar-refractivity contribution < 1.29 is 13.9 Å². The molecule has 0 aromatic carbocycles. The van der Waals surface area contributed by atoms with Crippen LogP contribution in [0.4, 0.5) is 0 Å². The minimum Gasteiger partial charge on any atom is -0.442 e. The molecule has 0 fully saturated rings. The summed E-state index contributed by atoms with van der Waals surface area (Å²) in [4.78, 5) is 30.3. The normalized spacial score (nSPS) is 12.6. The van der Waals surface area contributed by atoms with Crippen LogP contribution in [0.1, 0.15) is 23.0 Å². The summed E-state index contributed by atoms with van der Waals surface area (Å²) in [6.45, 7) is 3.81. The molecule has 0 radical (unpaired) electrons.